The number of hydrogen-bond donors (Lipinski definition) is 1. The van der Waals surface area contributed by atoms with Crippen LogP contribution in [-0.2, 0) is 0 Å². The fourth-order valence-corrected chi connectivity index (χ4v) is 6.98. The molecule has 1 amide bonds. The Morgan fingerprint density at radius 2 is 1.60 bits per heavy atom. The number of fused-ring (bicyclic) bond motifs is 1. The highest BCUT2D eigenvalue weighted by Crippen LogP contribution is 2.39. The number of ether oxygens (including phenoxy) is 6. The maximum absolute atomic E-state index is 13.9. The molecule has 2 heterocycles. The SMILES string of the molecule is C=CC1CC(c2ccc(N)cc2)=CN1C(=O)c1cc(OC)c(OCCCOc2cc(N=CC(C)C/C(=C\C)c3ccc4c(c3)OCO4)c(C(C)=O)cc2OC)cc1C. The molecule has 4 aromatic carbocycles. The predicted molar refractivity (Wildman–Crippen MR) is 228 cm³/mol. The number of nitrogens with zero attached hydrogens (tertiary/aromatic N) is 2. The summed E-state index contributed by atoms with van der Waals surface area (Å²) in [4.78, 5) is 33.0. The van der Waals surface area contributed by atoms with Crippen LogP contribution in [0.1, 0.15) is 77.4 Å². The number of hydrogen-bond acceptors (Lipinski definition) is 10. The summed E-state index contributed by atoms with van der Waals surface area (Å²) in [5.74, 6) is 3.11. The number of anilines is 1. The van der Waals surface area contributed by atoms with Crippen LogP contribution >= 0.6 is 0 Å². The smallest absolute Gasteiger partial charge is 0.258 e. The summed E-state index contributed by atoms with van der Waals surface area (Å²) in [5.41, 5.74) is 13.0. The molecule has 0 aromatic heterocycles. The van der Waals surface area contributed by atoms with E-state index in [4.69, 9.17) is 39.1 Å². The van der Waals surface area contributed by atoms with E-state index >= 15 is 0 Å². The van der Waals surface area contributed by atoms with E-state index in [9.17, 15) is 9.59 Å². The number of carbonyl (C=O) groups is 2. The standard InChI is InChI=1S/C47H51N3O8/c1-8-32(34-13-16-41-45(22-34)58-28-57-41)19-29(3)26-49-40-25-46(43(54-7)24-39(40)31(5)51)56-18-10-17-55-44-20-30(4)38(23-42(44)53-6)47(52)50-27-35(21-37(50)9-2)33-11-14-36(48)15-12-33/h8-9,11-16,20,22-27,29,37H,2,10,17-19,21,28,48H2,1,3-7H3/b32-8+,49-26?. The zero-order valence-corrected chi connectivity index (χ0v) is 34.0. The minimum Gasteiger partial charge on any atom is -0.493 e. The topological polar surface area (TPSA) is 131 Å². The molecule has 0 fully saturated rings. The van der Waals surface area contributed by atoms with Crippen LogP contribution < -0.4 is 34.2 Å². The molecule has 4 aromatic rings. The van der Waals surface area contributed by atoms with Gasteiger partial charge >= 0.3 is 0 Å². The van der Waals surface area contributed by atoms with Crippen LogP contribution in [0.25, 0.3) is 11.1 Å². The molecule has 0 radical (unpaired) electrons. The van der Waals surface area contributed by atoms with Gasteiger partial charge in [-0.2, -0.15) is 0 Å². The van der Waals surface area contributed by atoms with E-state index in [-0.39, 0.29) is 30.4 Å². The third-order valence-corrected chi connectivity index (χ3v) is 10.2. The Morgan fingerprint density at radius 3 is 2.26 bits per heavy atom. The van der Waals surface area contributed by atoms with Crippen molar-refractivity contribution < 1.29 is 38.0 Å². The molecule has 2 aliphatic heterocycles. The molecule has 0 saturated carbocycles. The lowest BCUT2D eigenvalue weighted by atomic mass is 9.95. The third kappa shape index (κ3) is 9.37. The summed E-state index contributed by atoms with van der Waals surface area (Å²) in [6.07, 6.45) is 9.53. The molecule has 11 nitrogen and oxygen atoms in total. The van der Waals surface area contributed by atoms with Crippen molar-refractivity contribution in [3.63, 3.8) is 0 Å². The molecular weight excluding hydrogens is 735 g/mol. The van der Waals surface area contributed by atoms with Crippen LogP contribution in [0, 0.1) is 12.8 Å². The first-order valence-electron chi connectivity index (χ1n) is 19.3. The predicted octanol–water partition coefficient (Wildman–Crippen LogP) is 9.65. The van der Waals surface area contributed by atoms with Gasteiger partial charge in [-0.3, -0.25) is 14.6 Å². The van der Waals surface area contributed by atoms with Gasteiger partial charge in [0.05, 0.1) is 39.2 Å². The number of aryl methyl sites for hydroxylation is 1. The first-order chi connectivity index (χ1) is 28.0. The number of ketones is 1. The minimum atomic E-state index is -0.185. The Hall–Kier alpha value is -6.49. The van der Waals surface area contributed by atoms with Crippen molar-refractivity contribution in [3.05, 3.63) is 119 Å². The molecule has 2 aliphatic rings. The number of benzene rings is 4. The molecule has 0 bridgehead atoms. The van der Waals surface area contributed by atoms with Crippen molar-refractivity contribution in [1.82, 2.24) is 4.90 Å². The maximum Gasteiger partial charge on any atom is 0.258 e. The second kappa shape index (κ2) is 18.6. The van der Waals surface area contributed by atoms with Gasteiger partial charge in [0.25, 0.3) is 5.91 Å². The number of carbonyl (C=O) groups excluding carboxylic acids is 2. The lowest BCUT2D eigenvalue weighted by Gasteiger charge is -2.22. The fraction of sp³-hybridized carbons (Fsp3) is 0.298. The Balaban J connectivity index is 1.08. The van der Waals surface area contributed by atoms with Crippen LogP contribution in [0.3, 0.4) is 0 Å². The third-order valence-electron chi connectivity index (χ3n) is 10.2. The lowest BCUT2D eigenvalue weighted by molar-refractivity contribution is 0.0805. The molecule has 2 unspecified atom stereocenters. The maximum atomic E-state index is 13.9. The summed E-state index contributed by atoms with van der Waals surface area (Å²) in [6.45, 7) is 12.3. The largest absolute Gasteiger partial charge is 0.493 e. The highest BCUT2D eigenvalue weighted by molar-refractivity contribution is 6.00. The summed E-state index contributed by atoms with van der Waals surface area (Å²) in [6, 6.07) is 20.3. The monoisotopic (exact) mass is 785 g/mol. The minimum absolute atomic E-state index is 0.0576. The van der Waals surface area contributed by atoms with Crippen molar-refractivity contribution in [3.8, 4) is 34.5 Å². The van der Waals surface area contributed by atoms with Gasteiger partial charge in [-0.15, -0.1) is 6.58 Å². The van der Waals surface area contributed by atoms with E-state index in [0.29, 0.717) is 71.6 Å². The second-order valence-electron chi connectivity index (χ2n) is 14.3. The van der Waals surface area contributed by atoms with E-state index in [0.717, 1.165) is 45.8 Å². The van der Waals surface area contributed by atoms with Crippen molar-refractivity contribution in [2.45, 2.75) is 53.0 Å². The Kier molecular flexibility index (Phi) is 13.2. The fourth-order valence-electron chi connectivity index (χ4n) is 6.98. The average molecular weight is 786 g/mol. The van der Waals surface area contributed by atoms with Gasteiger partial charge < -0.3 is 39.1 Å². The van der Waals surface area contributed by atoms with Gasteiger partial charge in [0.15, 0.2) is 40.3 Å². The van der Waals surface area contributed by atoms with Crippen molar-refractivity contribution in [1.29, 1.82) is 0 Å². The van der Waals surface area contributed by atoms with Gasteiger partial charge in [-0.05, 0) is 110 Å². The van der Waals surface area contributed by atoms with E-state index < -0.39 is 0 Å². The number of amides is 1. The van der Waals surface area contributed by atoms with Crippen LogP contribution in [0.4, 0.5) is 11.4 Å². The van der Waals surface area contributed by atoms with E-state index in [1.54, 1.807) is 36.3 Å². The van der Waals surface area contributed by atoms with Crippen LogP contribution in [0.5, 0.6) is 34.5 Å². The summed E-state index contributed by atoms with van der Waals surface area (Å²) in [7, 11) is 3.08. The molecular formula is C47H51N3O8. The van der Waals surface area contributed by atoms with E-state index in [1.807, 2.05) is 74.8 Å². The molecule has 0 saturated heterocycles. The Labute approximate surface area is 340 Å². The molecule has 6 rings (SSSR count). The number of nitrogens with two attached hydrogens (primary N) is 1. The summed E-state index contributed by atoms with van der Waals surface area (Å²) < 4.78 is 34.6. The van der Waals surface area contributed by atoms with Crippen LogP contribution in [-0.4, -0.2) is 63.1 Å². The highest BCUT2D eigenvalue weighted by Gasteiger charge is 2.30. The number of Topliss-reactive ketones (excluding diaryl/α,β-unsaturated/α-hetero) is 1. The molecule has 11 heteroatoms. The molecule has 2 atom stereocenters. The van der Waals surface area contributed by atoms with Crippen LogP contribution in [0.15, 0.2) is 96.7 Å². The van der Waals surface area contributed by atoms with Crippen molar-refractivity contribution in [2.75, 3.05) is 40.0 Å². The van der Waals surface area contributed by atoms with Gasteiger partial charge in [0, 0.05) is 41.7 Å². The van der Waals surface area contributed by atoms with Gasteiger partial charge in [-0.25, -0.2) is 0 Å². The zero-order chi connectivity index (χ0) is 41.3. The van der Waals surface area contributed by atoms with Gasteiger partial charge in [0.1, 0.15) is 0 Å². The van der Waals surface area contributed by atoms with Crippen LogP contribution in [0.2, 0.25) is 0 Å². The highest BCUT2D eigenvalue weighted by atomic mass is 16.7. The molecule has 302 valence electrons. The van der Waals surface area contributed by atoms with Gasteiger partial charge in [0.2, 0.25) is 6.79 Å². The van der Waals surface area contributed by atoms with E-state index in [2.05, 4.69) is 19.6 Å². The lowest BCUT2D eigenvalue weighted by Crippen LogP contribution is -2.31. The summed E-state index contributed by atoms with van der Waals surface area (Å²) in [5, 5.41) is 0. The molecule has 58 heavy (non-hydrogen) atoms. The zero-order valence-electron chi connectivity index (χ0n) is 34.0. The van der Waals surface area contributed by atoms with E-state index in [1.165, 1.54) is 14.0 Å². The van der Waals surface area contributed by atoms with Crippen molar-refractivity contribution in [2.24, 2.45) is 10.9 Å². The normalized spacial score (nSPS) is 15.3. The average Bonchev–Trinajstić information content (AvgIpc) is 3.89. The number of aliphatic imine (C=N–C) groups is 1. The molecule has 2 N–H and O–H groups in total. The number of methoxy groups -OCH3 is 2. The number of nitrogen functional groups attached to an aromatic ring is 1. The second-order valence-corrected chi connectivity index (χ2v) is 14.3. The Bertz CT molecular complexity index is 2260. The number of rotatable bonds is 17. The quantitative estimate of drug-likeness (QED) is 0.0366. The van der Waals surface area contributed by atoms with Crippen molar-refractivity contribution >= 4 is 40.4 Å². The molecule has 0 aliphatic carbocycles. The Morgan fingerprint density at radius 1 is 0.931 bits per heavy atom. The molecule has 0 spiro atoms. The van der Waals surface area contributed by atoms with Gasteiger partial charge in [-0.1, -0.05) is 37.3 Å². The first kappa shape index (κ1) is 41.2. The summed E-state index contributed by atoms with van der Waals surface area (Å²) >= 11 is 0. The first-order valence-corrected chi connectivity index (χ1v) is 19.3. The number of allylic oxidation sites excluding steroid dienone is 2.